The van der Waals surface area contributed by atoms with Crippen LogP contribution in [0.15, 0.2) is 23.2 Å². The molecule has 2 aromatic heterocycles. The van der Waals surface area contributed by atoms with E-state index < -0.39 is 0 Å². The lowest BCUT2D eigenvalue weighted by molar-refractivity contribution is 0.0948. The summed E-state index contributed by atoms with van der Waals surface area (Å²) in [6.07, 6.45) is 4.79. The molecular formula is C11H14N6O2. The van der Waals surface area contributed by atoms with Gasteiger partial charge in [0.2, 0.25) is 5.89 Å². The van der Waals surface area contributed by atoms with Crippen molar-refractivity contribution in [2.45, 2.75) is 13.3 Å². The molecule has 0 saturated carbocycles. The number of aromatic nitrogens is 4. The quantitative estimate of drug-likeness (QED) is 0.769. The molecule has 19 heavy (non-hydrogen) atoms. The van der Waals surface area contributed by atoms with Crippen molar-refractivity contribution in [1.82, 2.24) is 25.4 Å². The summed E-state index contributed by atoms with van der Waals surface area (Å²) in [5, 5.41) is 9.18. The summed E-state index contributed by atoms with van der Waals surface area (Å²) in [5.41, 5.74) is 0.268. The summed E-state index contributed by atoms with van der Waals surface area (Å²) < 4.78 is 4.82. The number of rotatable bonds is 6. The van der Waals surface area contributed by atoms with E-state index in [0.717, 1.165) is 6.54 Å². The molecule has 0 aliphatic heterocycles. The topological polar surface area (TPSA) is 106 Å². The zero-order valence-corrected chi connectivity index (χ0v) is 10.5. The molecule has 8 heteroatoms. The monoisotopic (exact) mass is 262 g/mol. The Hall–Kier alpha value is -2.51. The van der Waals surface area contributed by atoms with Crippen LogP contribution in [-0.2, 0) is 6.42 Å². The predicted molar refractivity (Wildman–Crippen MR) is 66.5 cm³/mol. The Kier molecular flexibility index (Phi) is 4.38. The highest BCUT2D eigenvalue weighted by Gasteiger charge is 2.08. The predicted octanol–water partition coefficient (Wildman–Crippen LogP) is 0.264. The van der Waals surface area contributed by atoms with Gasteiger partial charge in [-0.3, -0.25) is 9.78 Å². The van der Waals surface area contributed by atoms with E-state index in [9.17, 15) is 4.79 Å². The van der Waals surface area contributed by atoms with E-state index >= 15 is 0 Å². The molecule has 8 nitrogen and oxygen atoms in total. The Morgan fingerprint density at radius 3 is 3.05 bits per heavy atom. The number of nitrogens with one attached hydrogen (secondary N) is 2. The number of nitrogens with zero attached hydrogens (tertiary/aromatic N) is 4. The molecule has 2 N–H and O–H groups in total. The van der Waals surface area contributed by atoms with Crippen LogP contribution in [-0.4, -0.2) is 39.1 Å². The summed E-state index contributed by atoms with van der Waals surface area (Å²) in [4.78, 5) is 23.8. The van der Waals surface area contributed by atoms with Crippen LogP contribution < -0.4 is 10.6 Å². The fourth-order valence-electron chi connectivity index (χ4n) is 1.42. The van der Waals surface area contributed by atoms with Crippen molar-refractivity contribution in [3.05, 3.63) is 30.3 Å². The van der Waals surface area contributed by atoms with Gasteiger partial charge in [-0.2, -0.15) is 4.98 Å². The Bertz CT molecular complexity index is 528. The third-order valence-corrected chi connectivity index (χ3v) is 2.26. The maximum absolute atomic E-state index is 11.8. The molecule has 0 unspecified atom stereocenters. The third kappa shape index (κ3) is 3.73. The van der Waals surface area contributed by atoms with Gasteiger partial charge in [0, 0.05) is 19.5 Å². The molecule has 0 aliphatic carbocycles. The number of amides is 1. The van der Waals surface area contributed by atoms with Gasteiger partial charge in [0.05, 0.1) is 12.4 Å². The third-order valence-electron chi connectivity index (χ3n) is 2.26. The van der Waals surface area contributed by atoms with Crippen LogP contribution in [0.3, 0.4) is 0 Å². The molecule has 0 saturated heterocycles. The van der Waals surface area contributed by atoms with E-state index in [1.807, 2.05) is 6.92 Å². The van der Waals surface area contributed by atoms with Gasteiger partial charge in [-0.15, -0.1) is 0 Å². The highest BCUT2D eigenvalue weighted by atomic mass is 16.5. The van der Waals surface area contributed by atoms with Crippen LogP contribution in [0.2, 0.25) is 0 Å². The summed E-state index contributed by atoms with van der Waals surface area (Å²) >= 11 is 0. The van der Waals surface area contributed by atoms with Gasteiger partial charge in [0.1, 0.15) is 11.5 Å². The van der Waals surface area contributed by atoms with E-state index in [1.54, 1.807) is 6.20 Å². The largest absolute Gasteiger partial charge is 0.369 e. The van der Waals surface area contributed by atoms with Gasteiger partial charge in [0.25, 0.3) is 5.91 Å². The Morgan fingerprint density at radius 1 is 1.42 bits per heavy atom. The Labute approximate surface area is 109 Å². The first-order chi connectivity index (χ1) is 9.29. The summed E-state index contributed by atoms with van der Waals surface area (Å²) in [5.74, 6) is 0.770. The maximum Gasteiger partial charge on any atom is 0.271 e. The minimum Gasteiger partial charge on any atom is -0.369 e. The number of hydrogen-bond acceptors (Lipinski definition) is 7. The van der Waals surface area contributed by atoms with Gasteiger partial charge in [0.15, 0.2) is 6.33 Å². The maximum atomic E-state index is 11.8. The second-order valence-corrected chi connectivity index (χ2v) is 3.66. The normalized spacial score (nSPS) is 10.2. The molecule has 2 aromatic rings. The van der Waals surface area contributed by atoms with E-state index in [1.165, 1.54) is 12.5 Å². The number of carbonyl (C=O) groups is 1. The molecule has 2 heterocycles. The van der Waals surface area contributed by atoms with Crippen LogP contribution >= 0.6 is 0 Å². The van der Waals surface area contributed by atoms with Crippen molar-refractivity contribution in [3.63, 3.8) is 0 Å². The SMILES string of the molecule is CCNc1cncc(C(=O)NCCc2ncno2)n1. The second-order valence-electron chi connectivity index (χ2n) is 3.66. The van der Waals surface area contributed by atoms with Crippen molar-refractivity contribution in [3.8, 4) is 0 Å². The van der Waals surface area contributed by atoms with Crippen molar-refractivity contribution in [2.24, 2.45) is 0 Å². The van der Waals surface area contributed by atoms with Gasteiger partial charge >= 0.3 is 0 Å². The molecular weight excluding hydrogens is 248 g/mol. The molecule has 0 atom stereocenters. The minimum atomic E-state index is -0.285. The van der Waals surface area contributed by atoms with Crippen LogP contribution in [0.5, 0.6) is 0 Å². The Balaban J connectivity index is 1.87. The minimum absolute atomic E-state index is 0.268. The number of carbonyl (C=O) groups excluding carboxylic acids is 1. The van der Waals surface area contributed by atoms with E-state index in [2.05, 4.69) is 30.7 Å². The lowest BCUT2D eigenvalue weighted by Crippen LogP contribution is -2.27. The van der Waals surface area contributed by atoms with Gasteiger partial charge in [-0.05, 0) is 6.92 Å². The van der Waals surface area contributed by atoms with Gasteiger partial charge in [-0.25, -0.2) is 4.98 Å². The summed E-state index contributed by atoms with van der Waals surface area (Å²) in [6, 6.07) is 0. The average Bonchev–Trinajstić information content (AvgIpc) is 2.92. The number of anilines is 1. The van der Waals surface area contributed by atoms with Crippen LogP contribution in [0.25, 0.3) is 0 Å². The van der Waals surface area contributed by atoms with Crippen LogP contribution in [0, 0.1) is 0 Å². The molecule has 0 aromatic carbocycles. The second kappa shape index (κ2) is 6.43. The average molecular weight is 262 g/mol. The van der Waals surface area contributed by atoms with Crippen molar-refractivity contribution in [2.75, 3.05) is 18.4 Å². The van der Waals surface area contributed by atoms with E-state index in [0.29, 0.717) is 24.7 Å². The van der Waals surface area contributed by atoms with Gasteiger partial charge in [-0.1, -0.05) is 5.16 Å². The molecule has 0 aliphatic rings. The zero-order chi connectivity index (χ0) is 13.5. The first kappa shape index (κ1) is 12.9. The molecule has 100 valence electrons. The molecule has 1 amide bonds. The summed E-state index contributed by atoms with van der Waals surface area (Å²) in [7, 11) is 0. The lowest BCUT2D eigenvalue weighted by Gasteiger charge is -2.05. The fourth-order valence-corrected chi connectivity index (χ4v) is 1.42. The molecule has 0 bridgehead atoms. The summed E-state index contributed by atoms with van der Waals surface area (Å²) in [6.45, 7) is 3.06. The van der Waals surface area contributed by atoms with Crippen LogP contribution in [0.4, 0.5) is 5.82 Å². The smallest absolute Gasteiger partial charge is 0.271 e. The van der Waals surface area contributed by atoms with Gasteiger partial charge < -0.3 is 15.2 Å². The fraction of sp³-hybridized carbons (Fsp3) is 0.364. The highest BCUT2D eigenvalue weighted by Crippen LogP contribution is 2.01. The van der Waals surface area contributed by atoms with Crippen molar-refractivity contribution in [1.29, 1.82) is 0 Å². The highest BCUT2D eigenvalue weighted by molar-refractivity contribution is 5.92. The Morgan fingerprint density at radius 2 is 2.32 bits per heavy atom. The first-order valence-corrected chi connectivity index (χ1v) is 5.89. The van der Waals surface area contributed by atoms with Crippen molar-refractivity contribution < 1.29 is 9.32 Å². The molecule has 0 radical (unpaired) electrons. The standard InChI is InChI=1S/C11H14N6O2/c1-2-13-9-6-12-5-8(17-9)11(18)14-4-3-10-15-7-16-19-10/h5-7H,2-4H2,1H3,(H,13,17)(H,14,18). The van der Waals surface area contributed by atoms with Crippen molar-refractivity contribution >= 4 is 11.7 Å². The molecule has 2 rings (SSSR count). The number of hydrogen-bond donors (Lipinski definition) is 2. The molecule has 0 fully saturated rings. The van der Waals surface area contributed by atoms with E-state index in [-0.39, 0.29) is 11.6 Å². The van der Waals surface area contributed by atoms with Crippen LogP contribution in [0.1, 0.15) is 23.3 Å². The zero-order valence-electron chi connectivity index (χ0n) is 10.5. The van der Waals surface area contributed by atoms with E-state index in [4.69, 9.17) is 4.52 Å². The first-order valence-electron chi connectivity index (χ1n) is 5.89. The molecule has 0 spiro atoms. The lowest BCUT2D eigenvalue weighted by atomic mass is 10.3.